The van der Waals surface area contributed by atoms with Gasteiger partial charge in [-0.25, -0.2) is 9.67 Å². The largest absolute Gasteiger partial charge is 0.361 e. The molecular formula is C14H16N6S. The summed E-state index contributed by atoms with van der Waals surface area (Å²) < 4.78 is 1.63. The first-order valence-corrected chi connectivity index (χ1v) is 7.63. The summed E-state index contributed by atoms with van der Waals surface area (Å²) in [6.45, 7) is 5.28. The summed E-state index contributed by atoms with van der Waals surface area (Å²) in [5.74, 6) is 0.598. The molecular weight excluding hydrogens is 284 g/mol. The summed E-state index contributed by atoms with van der Waals surface area (Å²) in [7, 11) is 0. The number of aromatic nitrogens is 5. The molecule has 0 fully saturated rings. The number of thiazole rings is 1. The van der Waals surface area contributed by atoms with Crippen molar-refractivity contribution in [1.82, 2.24) is 25.2 Å². The summed E-state index contributed by atoms with van der Waals surface area (Å²) in [6, 6.07) is 8.00. The third kappa shape index (κ3) is 3.25. The van der Waals surface area contributed by atoms with Crippen LogP contribution in [0, 0.1) is 5.92 Å². The number of hydrogen-bond donors (Lipinski definition) is 1. The fraction of sp³-hybridized carbons (Fsp3) is 0.286. The Hall–Kier alpha value is -2.28. The quantitative estimate of drug-likeness (QED) is 0.784. The molecule has 0 spiro atoms. The van der Waals surface area contributed by atoms with Crippen LogP contribution in [0.1, 0.15) is 13.8 Å². The zero-order chi connectivity index (χ0) is 14.7. The topological polar surface area (TPSA) is 68.5 Å². The maximum atomic E-state index is 4.62. The van der Waals surface area contributed by atoms with Gasteiger partial charge in [-0.2, -0.15) is 0 Å². The summed E-state index contributed by atoms with van der Waals surface area (Å²) in [4.78, 5) is 4.62. The second-order valence-corrected chi connectivity index (χ2v) is 5.98. The highest BCUT2D eigenvalue weighted by Crippen LogP contribution is 2.26. The van der Waals surface area contributed by atoms with Gasteiger partial charge in [-0.1, -0.05) is 26.0 Å². The molecule has 2 aromatic heterocycles. The van der Waals surface area contributed by atoms with Crippen LogP contribution in [0.15, 0.2) is 36.0 Å². The van der Waals surface area contributed by atoms with Crippen molar-refractivity contribution in [2.24, 2.45) is 5.92 Å². The van der Waals surface area contributed by atoms with Gasteiger partial charge in [0, 0.05) is 17.5 Å². The van der Waals surface area contributed by atoms with Gasteiger partial charge in [0.1, 0.15) is 6.33 Å². The standard InChI is InChI=1S/C14H16N6S/c1-10(2)7-15-14-17-13(8-21-14)11-4-3-5-12(6-11)20-9-16-18-19-20/h3-6,8-10H,7H2,1-2H3,(H,15,17). The molecule has 0 aliphatic rings. The Morgan fingerprint density at radius 1 is 1.33 bits per heavy atom. The first-order chi connectivity index (χ1) is 10.2. The van der Waals surface area contributed by atoms with Crippen molar-refractivity contribution in [3.63, 3.8) is 0 Å². The van der Waals surface area contributed by atoms with Crippen molar-refractivity contribution in [2.45, 2.75) is 13.8 Å². The van der Waals surface area contributed by atoms with Crippen LogP contribution in [0.4, 0.5) is 5.13 Å². The van der Waals surface area contributed by atoms with Crippen molar-refractivity contribution in [3.8, 4) is 16.9 Å². The minimum Gasteiger partial charge on any atom is -0.361 e. The van der Waals surface area contributed by atoms with E-state index in [0.717, 1.165) is 28.6 Å². The van der Waals surface area contributed by atoms with Crippen LogP contribution in [0.25, 0.3) is 16.9 Å². The van der Waals surface area contributed by atoms with Gasteiger partial charge in [-0.15, -0.1) is 16.4 Å². The van der Waals surface area contributed by atoms with E-state index in [1.54, 1.807) is 22.3 Å². The van der Waals surface area contributed by atoms with Gasteiger partial charge in [-0.3, -0.25) is 0 Å². The molecule has 0 bridgehead atoms. The highest BCUT2D eigenvalue weighted by Gasteiger charge is 2.07. The van der Waals surface area contributed by atoms with E-state index in [1.807, 2.05) is 24.3 Å². The molecule has 0 aliphatic heterocycles. The molecule has 0 atom stereocenters. The lowest BCUT2D eigenvalue weighted by Crippen LogP contribution is -2.07. The van der Waals surface area contributed by atoms with E-state index < -0.39 is 0 Å². The zero-order valence-corrected chi connectivity index (χ0v) is 12.7. The van der Waals surface area contributed by atoms with Crippen LogP contribution < -0.4 is 5.32 Å². The van der Waals surface area contributed by atoms with Crippen molar-refractivity contribution >= 4 is 16.5 Å². The van der Waals surface area contributed by atoms with E-state index in [9.17, 15) is 0 Å². The Morgan fingerprint density at radius 3 is 3.00 bits per heavy atom. The number of rotatable bonds is 5. The Labute approximate surface area is 126 Å². The van der Waals surface area contributed by atoms with E-state index in [4.69, 9.17) is 0 Å². The molecule has 1 aromatic carbocycles. The predicted octanol–water partition coefficient (Wildman–Crippen LogP) is 2.85. The molecule has 0 radical (unpaired) electrons. The van der Waals surface area contributed by atoms with Crippen LogP contribution in [-0.2, 0) is 0 Å². The van der Waals surface area contributed by atoms with E-state index in [-0.39, 0.29) is 0 Å². The van der Waals surface area contributed by atoms with Gasteiger partial charge >= 0.3 is 0 Å². The first kappa shape index (κ1) is 13.7. The van der Waals surface area contributed by atoms with Crippen LogP contribution in [0.5, 0.6) is 0 Å². The monoisotopic (exact) mass is 300 g/mol. The van der Waals surface area contributed by atoms with Gasteiger partial charge < -0.3 is 5.32 Å². The van der Waals surface area contributed by atoms with Gasteiger partial charge in [0.25, 0.3) is 0 Å². The van der Waals surface area contributed by atoms with Gasteiger partial charge in [-0.05, 0) is 28.5 Å². The maximum Gasteiger partial charge on any atom is 0.183 e. The molecule has 0 unspecified atom stereocenters. The zero-order valence-electron chi connectivity index (χ0n) is 11.9. The van der Waals surface area contributed by atoms with Crippen molar-refractivity contribution in [3.05, 3.63) is 36.0 Å². The molecule has 0 saturated heterocycles. The number of nitrogens with zero attached hydrogens (tertiary/aromatic N) is 5. The van der Waals surface area contributed by atoms with Crippen molar-refractivity contribution in [1.29, 1.82) is 0 Å². The highest BCUT2D eigenvalue weighted by atomic mass is 32.1. The fourth-order valence-corrected chi connectivity index (χ4v) is 2.60. The third-order valence-electron chi connectivity index (χ3n) is 2.92. The molecule has 3 aromatic rings. The molecule has 6 nitrogen and oxygen atoms in total. The minimum atomic E-state index is 0.598. The second-order valence-electron chi connectivity index (χ2n) is 5.12. The van der Waals surface area contributed by atoms with Crippen LogP contribution in [0.3, 0.4) is 0 Å². The normalized spacial score (nSPS) is 11.0. The molecule has 0 amide bonds. The molecule has 2 heterocycles. The number of benzene rings is 1. The Morgan fingerprint density at radius 2 is 2.24 bits per heavy atom. The lowest BCUT2D eigenvalue weighted by Gasteiger charge is -2.05. The van der Waals surface area contributed by atoms with Crippen molar-refractivity contribution in [2.75, 3.05) is 11.9 Å². The average molecular weight is 300 g/mol. The molecule has 0 aliphatic carbocycles. The lowest BCUT2D eigenvalue weighted by atomic mass is 10.1. The lowest BCUT2D eigenvalue weighted by molar-refractivity contribution is 0.688. The SMILES string of the molecule is CC(C)CNc1nc(-c2cccc(-n3cnnn3)c2)cs1. The highest BCUT2D eigenvalue weighted by molar-refractivity contribution is 7.14. The number of nitrogens with one attached hydrogen (secondary N) is 1. The van der Waals surface area contributed by atoms with E-state index in [2.05, 4.69) is 45.1 Å². The molecule has 0 saturated carbocycles. The molecule has 21 heavy (non-hydrogen) atoms. The predicted molar refractivity (Wildman–Crippen MR) is 83.6 cm³/mol. The average Bonchev–Trinajstić information content (AvgIpc) is 3.17. The summed E-state index contributed by atoms with van der Waals surface area (Å²) in [5, 5.41) is 17.6. The van der Waals surface area contributed by atoms with Gasteiger partial charge in [0.15, 0.2) is 5.13 Å². The molecule has 1 N–H and O–H groups in total. The van der Waals surface area contributed by atoms with Gasteiger partial charge in [0.05, 0.1) is 11.4 Å². The first-order valence-electron chi connectivity index (χ1n) is 6.75. The smallest absolute Gasteiger partial charge is 0.183 e. The number of anilines is 1. The summed E-state index contributed by atoms with van der Waals surface area (Å²) in [6.07, 6.45) is 1.58. The number of hydrogen-bond acceptors (Lipinski definition) is 6. The van der Waals surface area contributed by atoms with Crippen molar-refractivity contribution < 1.29 is 0 Å². The summed E-state index contributed by atoms with van der Waals surface area (Å²) >= 11 is 1.62. The second kappa shape index (κ2) is 6.01. The Bertz CT molecular complexity index is 704. The third-order valence-corrected chi connectivity index (χ3v) is 3.72. The Balaban J connectivity index is 1.82. The van der Waals surface area contributed by atoms with E-state index >= 15 is 0 Å². The molecule has 7 heteroatoms. The van der Waals surface area contributed by atoms with E-state index in [0.29, 0.717) is 5.92 Å². The van der Waals surface area contributed by atoms with E-state index in [1.165, 1.54) is 0 Å². The van der Waals surface area contributed by atoms with Crippen LogP contribution in [-0.4, -0.2) is 31.7 Å². The van der Waals surface area contributed by atoms with Crippen LogP contribution in [0.2, 0.25) is 0 Å². The number of tetrazole rings is 1. The Kier molecular flexibility index (Phi) is 3.92. The molecule has 3 rings (SSSR count). The van der Waals surface area contributed by atoms with Gasteiger partial charge in [0.2, 0.25) is 0 Å². The minimum absolute atomic E-state index is 0.598. The fourth-order valence-electron chi connectivity index (χ4n) is 1.87. The summed E-state index contributed by atoms with van der Waals surface area (Å²) in [5.41, 5.74) is 2.93. The van der Waals surface area contributed by atoms with Crippen LogP contribution >= 0.6 is 11.3 Å². The molecule has 108 valence electrons. The maximum absolute atomic E-state index is 4.62.